The Morgan fingerprint density at radius 1 is 1.35 bits per heavy atom. The van der Waals surface area contributed by atoms with Gasteiger partial charge in [0, 0.05) is 6.04 Å². The molecule has 1 aliphatic rings. The van der Waals surface area contributed by atoms with E-state index >= 15 is 0 Å². The molecule has 17 heavy (non-hydrogen) atoms. The summed E-state index contributed by atoms with van der Waals surface area (Å²) in [6, 6.07) is 8.84. The topological polar surface area (TPSA) is 64.1 Å². The zero-order valence-electron chi connectivity index (χ0n) is 9.73. The maximum Gasteiger partial charge on any atom is 0.295 e. The third-order valence-corrected chi connectivity index (χ3v) is 3.56. The Bertz CT molecular complexity index is 475. The molecule has 90 valence electrons. The van der Waals surface area contributed by atoms with Crippen LogP contribution in [0, 0.1) is 5.92 Å². The quantitative estimate of drug-likeness (QED) is 0.851. The molecule has 1 aromatic heterocycles. The molecule has 0 bridgehead atoms. The molecule has 2 atom stereocenters. The Labute approximate surface area is 100 Å². The molecule has 0 aliphatic heterocycles. The maximum atomic E-state index is 5.76. The van der Waals surface area contributed by atoms with E-state index in [-0.39, 0.29) is 0 Å². The normalized spacial score (nSPS) is 24.3. The van der Waals surface area contributed by atoms with Gasteiger partial charge in [0.05, 0.1) is 0 Å². The minimum absolute atomic E-state index is 0.410. The summed E-state index contributed by atoms with van der Waals surface area (Å²) in [5, 5.41) is 3.37. The summed E-state index contributed by atoms with van der Waals surface area (Å²) < 4.78 is 5.66. The number of anilines is 1. The predicted molar refractivity (Wildman–Crippen MR) is 67.8 cm³/mol. The minimum Gasteiger partial charge on any atom is -0.424 e. The van der Waals surface area contributed by atoms with E-state index in [0.717, 1.165) is 24.1 Å². The van der Waals surface area contributed by atoms with Gasteiger partial charge in [-0.05, 0) is 37.4 Å². The molecule has 3 rings (SSSR count). The molecule has 0 amide bonds. The third kappa shape index (κ3) is 2.00. The highest BCUT2D eigenvalue weighted by molar-refractivity contribution is 5.74. The van der Waals surface area contributed by atoms with Crippen LogP contribution in [0.5, 0.6) is 0 Å². The third-order valence-electron chi connectivity index (χ3n) is 3.56. The van der Waals surface area contributed by atoms with E-state index < -0.39 is 0 Å². The fraction of sp³-hybridized carbons (Fsp3) is 0.462. The van der Waals surface area contributed by atoms with Gasteiger partial charge in [0.15, 0.2) is 5.58 Å². The van der Waals surface area contributed by atoms with Crippen molar-refractivity contribution in [1.29, 1.82) is 0 Å². The van der Waals surface area contributed by atoms with Crippen molar-refractivity contribution in [3.63, 3.8) is 0 Å². The molecule has 3 N–H and O–H groups in total. The van der Waals surface area contributed by atoms with Crippen LogP contribution in [-0.4, -0.2) is 17.6 Å². The Morgan fingerprint density at radius 2 is 2.24 bits per heavy atom. The second kappa shape index (κ2) is 4.37. The standard InChI is InChI=1S/C13H17N3O/c14-8-9-4-3-6-10(9)15-13-16-11-5-1-2-7-12(11)17-13/h1-2,5,7,9-10H,3-4,6,8,14H2,(H,15,16). The second-order valence-electron chi connectivity index (χ2n) is 4.66. The van der Waals surface area contributed by atoms with Gasteiger partial charge < -0.3 is 15.5 Å². The van der Waals surface area contributed by atoms with E-state index in [4.69, 9.17) is 10.2 Å². The van der Waals surface area contributed by atoms with Gasteiger partial charge in [0.1, 0.15) is 5.52 Å². The van der Waals surface area contributed by atoms with Crippen molar-refractivity contribution in [2.24, 2.45) is 11.7 Å². The zero-order chi connectivity index (χ0) is 11.7. The van der Waals surface area contributed by atoms with Crippen molar-refractivity contribution in [1.82, 2.24) is 4.98 Å². The van der Waals surface area contributed by atoms with E-state index in [9.17, 15) is 0 Å². The van der Waals surface area contributed by atoms with Crippen LogP contribution in [0.4, 0.5) is 6.01 Å². The summed E-state index contributed by atoms with van der Waals surface area (Å²) in [7, 11) is 0. The van der Waals surface area contributed by atoms with Crippen molar-refractivity contribution < 1.29 is 4.42 Å². The number of aromatic nitrogens is 1. The first kappa shape index (κ1) is 10.6. The number of nitrogens with one attached hydrogen (secondary N) is 1. The van der Waals surface area contributed by atoms with Crippen LogP contribution >= 0.6 is 0 Å². The first-order chi connectivity index (χ1) is 8.36. The van der Waals surface area contributed by atoms with E-state index in [2.05, 4.69) is 10.3 Å². The first-order valence-electron chi connectivity index (χ1n) is 6.19. The molecule has 0 spiro atoms. The van der Waals surface area contributed by atoms with Crippen molar-refractivity contribution >= 4 is 17.1 Å². The van der Waals surface area contributed by atoms with Crippen LogP contribution in [0.25, 0.3) is 11.1 Å². The van der Waals surface area contributed by atoms with Gasteiger partial charge in [-0.2, -0.15) is 4.98 Å². The van der Waals surface area contributed by atoms with Crippen LogP contribution < -0.4 is 11.1 Å². The molecule has 4 heteroatoms. The molecular formula is C13H17N3O. The van der Waals surface area contributed by atoms with Crippen molar-refractivity contribution in [2.45, 2.75) is 25.3 Å². The average molecular weight is 231 g/mol. The molecule has 0 saturated heterocycles. The molecule has 1 fully saturated rings. The monoisotopic (exact) mass is 231 g/mol. The summed E-state index contributed by atoms with van der Waals surface area (Å²) in [5.41, 5.74) is 7.49. The number of oxazole rings is 1. The van der Waals surface area contributed by atoms with Gasteiger partial charge in [-0.1, -0.05) is 18.6 Å². The smallest absolute Gasteiger partial charge is 0.295 e. The minimum atomic E-state index is 0.410. The molecule has 1 aliphatic carbocycles. The first-order valence-corrected chi connectivity index (χ1v) is 6.19. The summed E-state index contributed by atoms with van der Waals surface area (Å²) in [5.74, 6) is 0.546. The molecule has 1 saturated carbocycles. The lowest BCUT2D eigenvalue weighted by Gasteiger charge is -2.17. The highest BCUT2D eigenvalue weighted by Gasteiger charge is 2.27. The Kier molecular flexibility index (Phi) is 2.73. The summed E-state index contributed by atoms with van der Waals surface area (Å²) in [6.45, 7) is 0.734. The molecular weight excluding hydrogens is 214 g/mol. The number of rotatable bonds is 3. The van der Waals surface area contributed by atoms with Crippen LogP contribution in [0.2, 0.25) is 0 Å². The highest BCUT2D eigenvalue weighted by Crippen LogP contribution is 2.28. The van der Waals surface area contributed by atoms with E-state index in [1.807, 2.05) is 24.3 Å². The van der Waals surface area contributed by atoms with Gasteiger partial charge in [-0.3, -0.25) is 0 Å². The molecule has 0 radical (unpaired) electrons. The Balaban J connectivity index is 1.80. The molecule has 4 nitrogen and oxygen atoms in total. The fourth-order valence-corrected chi connectivity index (χ4v) is 2.60. The lowest BCUT2D eigenvalue weighted by atomic mass is 10.0. The average Bonchev–Trinajstić information content (AvgIpc) is 2.94. The van der Waals surface area contributed by atoms with E-state index in [1.54, 1.807) is 0 Å². The van der Waals surface area contributed by atoms with Gasteiger partial charge in [0.25, 0.3) is 6.01 Å². The molecule has 2 aromatic rings. The van der Waals surface area contributed by atoms with Crippen LogP contribution in [0.3, 0.4) is 0 Å². The zero-order valence-corrected chi connectivity index (χ0v) is 9.73. The van der Waals surface area contributed by atoms with Crippen LogP contribution in [0.15, 0.2) is 28.7 Å². The van der Waals surface area contributed by atoms with Crippen LogP contribution in [-0.2, 0) is 0 Å². The molecule has 1 heterocycles. The maximum absolute atomic E-state index is 5.76. The van der Waals surface area contributed by atoms with Gasteiger partial charge in [-0.25, -0.2) is 0 Å². The molecule has 1 aromatic carbocycles. The highest BCUT2D eigenvalue weighted by atomic mass is 16.4. The number of para-hydroxylation sites is 2. The number of fused-ring (bicyclic) bond motifs is 1. The Hall–Kier alpha value is -1.55. The molecule has 2 unspecified atom stereocenters. The number of nitrogens with two attached hydrogens (primary N) is 1. The SMILES string of the molecule is NCC1CCCC1Nc1nc2ccccc2o1. The number of hydrogen-bond acceptors (Lipinski definition) is 4. The van der Waals surface area contributed by atoms with Crippen molar-refractivity contribution in [3.8, 4) is 0 Å². The Morgan fingerprint density at radius 3 is 3.06 bits per heavy atom. The lowest BCUT2D eigenvalue weighted by Crippen LogP contribution is -2.29. The second-order valence-corrected chi connectivity index (χ2v) is 4.66. The van der Waals surface area contributed by atoms with Gasteiger partial charge in [-0.15, -0.1) is 0 Å². The fourth-order valence-electron chi connectivity index (χ4n) is 2.60. The van der Waals surface area contributed by atoms with Crippen molar-refractivity contribution in [3.05, 3.63) is 24.3 Å². The number of nitrogens with zero attached hydrogens (tertiary/aromatic N) is 1. The largest absolute Gasteiger partial charge is 0.424 e. The van der Waals surface area contributed by atoms with Crippen LogP contribution in [0.1, 0.15) is 19.3 Å². The number of hydrogen-bond donors (Lipinski definition) is 2. The van der Waals surface area contributed by atoms with Crippen molar-refractivity contribution in [2.75, 3.05) is 11.9 Å². The lowest BCUT2D eigenvalue weighted by molar-refractivity contribution is 0.498. The summed E-state index contributed by atoms with van der Waals surface area (Å²) in [6.07, 6.45) is 3.59. The van der Waals surface area contributed by atoms with E-state index in [0.29, 0.717) is 18.0 Å². The summed E-state index contributed by atoms with van der Waals surface area (Å²) >= 11 is 0. The van der Waals surface area contributed by atoms with Gasteiger partial charge >= 0.3 is 0 Å². The van der Waals surface area contributed by atoms with Gasteiger partial charge in [0.2, 0.25) is 0 Å². The summed E-state index contributed by atoms with van der Waals surface area (Å²) in [4.78, 5) is 4.43. The number of benzene rings is 1. The van der Waals surface area contributed by atoms with E-state index in [1.165, 1.54) is 12.8 Å². The predicted octanol–water partition coefficient (Wildman–Crippen LogP) is 2.37.